The van der Waals surface area contributed by atoms with E-state index in [-0.39, 0.29) is 81.6 Å². The summed E-state index contributed by atoms with van der Waals surface area (Å²) in [5.41, 5.74) is 0. The molecule has 20 heteroatoms. The molecule has 3 saturated heterocycles. The van der Waals surface area contributed by atoms with Crippen molar-refractivity contribution in [2.45, 2.75) is 660 Å². The van der Waals surface area contributed by atoms with Crippen molar-refractivity contribution < 1.29 is 96.9 Å². The van der Waals surface area contributed by atoms with Gasteiger partial charge in [0.25, 0.3) is 0 Å². The zero-order chi connectivity index (χ0) is 101. The fourth-order valence-electron chi connectivity index (χ4n) is 19.0. The van der Waals surface area contributed by atoms with Crippen molar-refractivity contribution in [3.8, 4) is 0 Å². The first-order valence-corrected chi connectivity index (χ1v) is 58.9. The molecular weight excluding hydrogens is 1740 g/mol. The van der Waals surface area contributed by atoms with Crippen LogP contribution in [0, 0.1) is 5.92 Å². The molecule has 812 valence electrons. The van der Waals surface area contributed by atoms with Crippen LogP contribution in [-0.4, -0.2) is 167 Å². The molecule has 13 atom stereocenters. The van der Waals surface area contributed by atoms with Crippen molar-refractivity contribution in [3.05, 3.63) is 25.8 Å². The molecule has 3 aliphatic heterocycles. The Hall–Kier alpha value is -4.02. The first kappa shape index (κ1) is 132. The summed E-state index contributed by atoms with van der Waals surface area (Å²) in [6.45, 7) is 22.8. The predicted octanol–water partition coefficient (Wildman–Crippen LogP) is 30.6. The van der Waals surface area contributed by atoms with Gasteiger partial charge in [0.15, 0.2) is 12.2 Å². The summed E-state index contributed by atoms with van der Waals surface area (Å²) < 4.78 is 51.3. The Morgan fingerprint density at radius 1 is 0.225 bits per heavy atom. The molecule has 20 nitrogen and oxygen atoms in total. The minimum absolute atomic E-state index is 0.0905. The van der Waals surface area contributed by atoms with E-state index in [4.69, 9.17) is 42.6 Å². The zero-order valence-electron chi connectivity index (χ0n) is 90.4. The molecule has 0 spiro atoms. The predicted molar refractivity (Wildman–Crippen MR) is 566 cm³/mol. The van der Waals surface area contributed by atoms with Gasteiger partial charge in [-0.05, 0) is 116 Å². The monoisotopic (exact) mass is 1960 g/mol. The molecule has 13 unspecified atom stereocenters. The van der Waals surface area contributed by atoms with Gasteiger partial charge in [-0.15, -0.1) is 19.7 Å². The Kier molecular flexibility index (Phi) is 93.4. The Labute approximate surface area is 846 Å². The van der Waals surface area contributed by atoms with Gasteiger partial charge >= 0.3 is 35.8 Å². The summed E-state index contributed by atoms with van der Waals surface area (Å²) in [7, 11) is 0. The third-order valence-corrected chi connectivity index (χ3v) is 28.4. The number of epoxide rings is 3. The molecule has 0 saturated carbocycles. The molecule has 0 amide bonds. The summed E-state index contributed by atoms with van der Waals surface area (Å²) in [6.07, 6.45) is 86.4. The molecule has 3 aliphatic rings. The lowest BCUT2D eigenvalue weighted by atomic mass is 9.91. The lowest BCUT2D eigenvalue weighted by Crippen LogP contribution is -2.30. The average Bonchev–Trinajstić information content (AvgIpc) is 1.71. The highest BCUT2D eigenvalue weighted by Crippen LogP contribution is 2.36. The van der Waals surface area contributed by atoms with Crippen molar-refractivity contribution in [3.63, 3.8) is 0 Å². The Morgan fingerprint density at radius 2 is 0.384 bits per heavy atom. The van der Waals surface area contributed by atoms with Crippen LogP contribution in [0.5, 0.6) is 0 Å². The molecule has 0 aromatic rings. The van der Waals surface area contributed by atoms with Crippen LogP contribution in [0.3, 0.4) is 0 Å². The van der Waals surface area contributed by atoms with Crippen molar-refractivity contribution in [2.75, 3.05) is 26.4 Å². The third-order valence-electron chi connectivity index (χ3n) is 28.4. The normalized spacial score (nSPS) is 17.6. The second-order valence-electron chi connectivity index (χ2n) is 41.5. The van der Waals surface area contributed by atoms with E-state index in [1.807, 2.05) is 6.08 Å². The van der Waals surface area contributed by atoms with Gasteiger partial charge in [-0.2, -0.15) is 0 Å². The zero-order valence-corrected chi connectivity index (χ0v) is 90.4. The molecule has 0 aliphatic carbocycles. The van der Waals surface area contributed by atoms with E-state index in [0.717, 1.165) is 218 Å². The molecule has 0 bridgehead atoms. The SMILES string of the molecule is C=C.C=CC(CCCCCCCC(=O)OCC(COC(=O)CCCCCCCC(O)C(O)CCCCCCCC)OC(=O)CCCCCCCC(O)C(O)CCCCCCCC)C(O)CCCCCCCC.CCCCCCCCC1OC1CCCCCCCC(=O)OCC(COC(=O)CCCCCCCC1OC1CCCCCCCC)OC(=O)CCCCCCCC1OC1CCCCCCCC. The first-order chi connectivity index (χ1) is 67.4. The van der Waals surface area contributed by atoms with Gasteiger partial charge in [0, 0.05) is 44.4 Å². The van der Waals surface area contributed by atoms with Crippen molar-refractivity contribution in [2.24, 2.45) is 5.92 Å². The summed E-state index contributed by atoms with van der Waals surface area (Å²) in [4.78, 5) is 76.6. The third kappa shape index (κ3) is 84.2. The number of esters is 6. The van der Waals surface area contributed by atoms with E-state index in [1.54, 1.807) is 0 Å². The van der Waals surface area contributed by atoms with Crippen LogP contribution in [0.2, 0.25) is 0 Å². The second-order valence-corrected chi connectivity index (χ2v) is 41.5. The molecule has 3 rings (SSSR count). The lowest BCUT2D eigenvalue weighted by Gasteiger charge is -2.19. The molecule has 3 heterocycles. The van der Waals surface area contributed by atoms with E-state index in [2.05, 4.69) is 61.3 Å². The van der Waals surface area contributed by atoms with Crippen LogP contribution >= 0.6 is 0 Å². The standard InChI is InChI=1S/C59H112O11.C57H104O9.C2H4/c1-5-9-12-15-22-31-40-52(60)50(8-4)39-30-21-18-27-36-45-57(65)68-48-51(70-59(67)47-38-29-20-26-35-44-56(64)54(62)42-33-24-17-14-11-7-3)49-69-58(66)46-37-28-19-25-34-43-55(63)53(61)41-32-23-16-13-10-6-2;1-4-7-10-13-19-28-37-49-52(64-49)40-31-22-16-25-34-43-55(58)61-46-48(63-57(60)45-36-27-18-24-33-42-54-51(66-54)39-30-21-15-12-9-6-3)47-62-56(59)44-35-26-17-23-32-41-53-50(65-53)38-29-20-14-11-8-5-2;1-2/h8,50-56,60-64H,4-7,9-49H2,1-3H3;48-54H,4-47H2,1-3H3;1-2H2. The number of hydrogen-bond acceptors (Lipinski definition) is 20. The highest BCUT2D eigenvalue weighted by atomic mass is 16.6. The van der Waals surface area contributed by atoms with Gasteiger partial charge in [-0.25, -0.2) is 0 Å². The number of carbonyl (C=O) groups is 6. The number of aliphatic hydroxyl groups is 5. The van der Waals surface area contributed by atoms with Crippen LogP contribution in [-0.2, 0) is 71.4 Å². The molecule has 0 aromatic heterocycles. The quantitative estimate of drug-likeness (QED) is 0.0124. The summed E-state index contributed by atoms with van der Waals surface area (Å²) in [6, 6.07) is 0. The van der Waals surface area contributed by atoms with Gasteiger partial charge in [0.1, 0.15) is 26.4 Å². The van der Waals surface area contributed by atoms with Crippen LogP contribution in [0.25, 0.3) is 0 Å². The van der Waals surface area contributed by atoms with E-state index in [1.165, 1.54) is 238 Å². The summed E-state index contributed by atoms with van der Waals surface area (Å²) >= 11 is 0. The fraction of sp³-hybridized carbons (Fsp3) is 0.915. The summed E-state index contributed by atoms with van der Waals surface area (Å²) in [5, 5.41) is 52.1. The molecule has 138 heavy (non-hydrogen) atoms. The van der Waals surface area contributed by atoms with Crippen LogP contribution in [0.15, 0.2) is 25.8 Å². The minimum atomic E-state index is -0.901. The average molecular weight is 1960 g/mol. The Bertz CT molecular complexity index is 2680. The van der Waals surface area contributed by atoms with Gasteiger partial charge < -0.3 is 68.2 Å². The van der Waals surface area contributed by atoms with E-state index >= 15 is 0 Å². The van der Waals surface area contributed by atoms with Crippen molar-refractivity contribution in [1.82, 2.24) is 0 Å². The van der Waals surface area contributed by atoms with Crippen molar-refractivity contribution in [1.29, 1.82) is 0 Å². The van der Waals surface area contributed by atoms with Crippen LogP contribution < -0.4 is 0 Å². The first-order valence-electron chi connectivity index (χ1n) is 58.9. The van der Waals surface area contributed by atoms with E-state index < -0.39 is 48.6 Å². The van der Waals surface area contributed by atoms with Gasteiger partial charge in [0.05, 0.1) is 67.1 Å². The maximum Gasteiger partial charge on any atom is 0.306 e. The topological polar surface area (TPSA) is 297 Å². The highest BCUT2D eigenvalue weighted by Gasteiger charge is 2.39. The number of hydrogen-bond donors (Lipinski definition) is 5. The molecule has 0 aromatic carbocycles. The number of carbonyl (C=O) groups excluding carboxylic acids is 6. The van der Waals surface area contributed by atoms with Gasteiger partial charge in [-0.3, -0.25) is 28.8 Å². The highest BCUT2D eigenvalue weighted by molar-refractivity contribution is 5.72. The van der Waals surface area contributed by atoms with E-state index in [9.17, 15) is 54.3 Å². The second kappa shape index (κ2) is 97.7. The minimum Gasteiger partial charge on any atom is -0.462 e. The fourth-order valence-corrected chi connectivity index (χ4v) is 19.0. The number of rotatable bonds is 104. The van der Waals surface area contributed by atoms with E-state index in [0.29, 0.717) is 101 Å². The Balaban J connectivity index is 0.00000136. The molecular formula is C118H220O20. The molecule has 5 N–H and O–H groups in total. The maximum absolute atomic E-state index is 12.9. The number of unbranched alkanes of at least 4 members (excludes halogenated alkanes) is 54. The summed E-state index contributed by atoms with van der Waals surface area (Å²) in [5.74, 6) is -2.00. The smallest absolute Gasteiger partial charge is 0.306 e. The Morgan fingerprint density at radius 3 is 0.580 bits per heavy atom. The van der Waals surface area contributed by atoms with Gasteiger partial charge in [0.2, 0.25) is 0 Å². The number of ether oxygens (including phenoxy) is 9. The van der Waals surface area contributed by atoms with Crippen LogP contribution in [0.1, 0.15) is 581 Å². The largest absolute Gasteiger partial charge is 0.462 e. The molecule has 0 radical (unpaired) electrons. The lowest BCUT2D eigenvalue weighted by molar-refractivity contribution is -0.167. The maximum atomic E-state index is 12.9. The number of aliphatic hydroxyl groups excluding tert-OH is 5. The molecule has 3 fully saturated rings. The van der Waals surface area contributed by atoms with Crippen molar-refractivity contribution >= 4 is 35.8 Å². The van der Waals surface area contributed by atoms with Crippen LogP contribution in [0.4, 0.5) is 0 Å². The van der Waals surface area contributed by atoms with Gasteiger partial charge in [-0.1, -0.05) is 433 Å².